The molecule has 0 spiro atoms. The Kier molecular flexibility index (Phi) is 4.22. The molecule has 1 aliphatic rings. The van der Waals surface area contributed by atoms with Crippen molar-refractivity contribution in [3.63, 3.8) is 0 Å². The maximum absolute atomic E-state index is 12.2. The molecule has 1 N–H and O–H groups in total. The van der Waals surface area contributed by atoms with Crippen LogP contribution in [0.2, 0.25) is 0 Å². The molecule has 1 amide bonds. The van der Waals surface area contributed by atoms with Crippen LogP contribution in [0.25, 0.3) is 11.1 Å². The third-order valence-corrected chi connectivity index (χ3v) is 3.78. The highest BCUT2D eigenvalue weighted by Crippen LogP contribution is 2.26. The number of amides is 1. The van der Waals surface area contributed by atoms with Gasteiger partial charge in [0.1, 0.15) is 5.52 Å². The number of rotatable bonds is 4. The van der Waals surface area contributed by atoms with Gasteiger partial charge in [-0.25, -0.2) is 8.78 Å². The zero-order valence-corrected chi connectivity index (χ0v) is 12.0. The zero-order chi connectivity index (χ0) is 15.5. The van der Waals surface area contributed by atoms with Gasteiger partial charge in [-0.2, -0.15) is 4.98 Å². The van der Waals surface area contributed by atoms with Crippen molar-refractivity contribution < 1.29 is 18.0 Å². The Hall–Kier alpha value is -2.18. The van der Waals surface area contributed by atoms with E-state index in [4.69, 9.17) is 4.42 Å². The standard InChI is InChI=1S/C15H17F2N3O2/c16-13(17)8-18-14(21)10-4-3-7-20(9-10)15-19-11-5-1-2-6-12(11)22-15/h1-2,5-6,10,13H,3-4,7-9H2,(H,18,21). The van der Waals surface area contributed by atoms with E-state index >= 15 is 0 Å². The Morgan fingerprint density at radius 3 is 3.05 bits per heavy atom. The summed E-state index contributed by atoms with van der Waals surface area (Å²) in [5, 5.41) is 2.28. The minimum absolute atomic E-state index is 0.317. The van der Waals surface area contributed by atoms with Crippen LogP contribution < -0.4 is 10.2 Å². The van der Waals surface area contributed by atoms with Crippen molar-refractivity contribution in [2.45, 2.75) is 19.3 Å². The van der Waals surface area contributed by atoms with Gasteiger partial charge >= 0.3 is 0 Å². The molecule has 1 aromatic heterocycles. The number of hydrogen-bond acceptors (Lipinski definition) is 4. The van der Waals surface area contributed by atoms with E-state index in [0.717, 1.165) is 18.5 Å². The van der Waals surface area contributed by atoms with Crippen LogP contribution in [-0.4, -0.2) is 37.0 Å². The number of carbonyl (C=O) groups is 1. The van der Waals surface area contributed by atoms with Crippen molar-refractivity contribution in [1.29, 1.82) is 0 Å². The second-order valence-corrected chi connectivity index (χ2v) is 5.39. The first kappa shape index (κ1) is 14.7. The molecular weight excluding hydrogens is 292 g/mol. The first-order chi connectivity index (χ1) is 10.6. The summed E-state index contributed by atoms with van der Waals surface area (Å²) in [7, 11) is 0. The Balaban J connectivity index is 1.68. The fraction of sp³-hybridized carbons (Fsp3) is 0.467. The van der Waals surface area contributed by atoms with Crippen LogP contribution in [0.4, 0.5) is 14.8 Å². The van der Waals surface area contributed by atoms with Crippen LogP contribution in [0.1, 0.15) is 12.8 Å². The molecule has 7 heteroatoms. The monoisotopic (exact) mass is 309 g/mol. The maximum Gasteiger partial charge on any atom is 0.298 e. The Labute approximate surface area is 126 Å². The fourth-order valence-electron chi connectivity index (χ4n) is 2.68. The number of halogens is 2. The predicted octanol–water partition coefficient (Wildman–Crippen LogP) is 2.43. The van der Waals surface area contributed by atoms with Gasteiger partial charge in [0.05, 0.1) is 12.5 Å². The molecule has 0 saturated carbocycles. The molecule has 1 aromatic carbocycles. The minimum Gasteiger partial charge on any atom is -0.423 e. The van der Waals surface area contributed by atoms with Crippen LogP contribution in [0.15, 0.2) is 28.7 Å². The van der Waals surface area contributed by atoms with Gasteiger partial charge in [-0.15, -0.1) is 0 Å². The van der Waals surface area contributed by atoms with E-state index in [1.165, 1.54) is 0 Å². The number of aromatic nitrogens is 1. The number of benzene rings is 1. The highest BCUT2D eigenvalue weighted by Gasteiger charge is 2.28. The number of para-hydroxylation sites is 2. The summed E-state index contributed by atoms with van der Waals surface area (Å²) in [6, 6.07) is 7.92. The van der Waals surface area contributed by atoms with Crippen molar-refractivity contribution in [3.8, 4) is 0 Å². The molecule has 0 aliphatic carbocycles. The second-order valence-electron chi connectivity index (χ2n) is 5.39. The summed E-state index contributed by atoms with van der Waals surface area (Å²) in [5.74, 6) is -0.649. The molecule has 2 heterocycles. The number of nitrogens with one attached hydrogen (secondary N) is 1. The second kappa shape index (κ2) is 6.29. The van der Waals surface area contributed by atoms with E-state index in [9.17, 15) is 13.6 Å². The lowest BCUT2D eigenvalue weighted by molar-refractivity contribution is -0.125. The van der Waals surface area contributed by atoms with E-state index in [1.54, 1.807) is 0 Å². The Morgan fingerprint density at radius 2 is 2.27 bits per heavy atom. The SMILES string of the molecule is O=C(NCC(F)F)C1CCCN(c2nc3ccccc3o2)C1. The van der Waals surface area contributed by atoms with Gasteiger partial charge in [0.25, 0.3) is 12.4 Å². The van der Waals surface area contributed by atoms with Crippen LogP contribution in [0.5, 0.6) is 0 Å². The Bertz CT molecular complexity index is 626. The number of anilines is 1. The summed E-state index contributed by atoms with van der Waals surface area (Å²) in [5.41, 5.74) is 1.46. The average molecular weight is 309 g/mol. The largest absolute Gasteiger partial charge is 0.423 e. The molecule has 0 bridgehead atoms. The summed E-state index contributed by atoms with van der Waals surface area (Å²) < 4.78 is 30.0. The molecule has 1 saturated heterocycles. The molecule has 1 fully saturated rings. The summed E-state index contributed by atoms with van der Waals surface area (Å²) >= 11 is 0. The van der Waals surface area contributed by atoms with Gasteiger partial charge in [-0.05, 0) is 25.0 Å². The topological polar surface area (TPSA) is 58.4 Å². The van der Waals surface area contributed by atoms with Gasteiger partial charge in [-0.1, -0.05) is 12.1 Å². The highest BCUT2D eigenvalue weighted by atomic mass is 19.3. The fourth-order valence-corrected chi connectivity index (χ4v) is 2.68. The van der Waals surface area contributed by atoms with E-state index in [1.807, 2.05) is 29.2 Å². The van der Waals surface area contributed by atoms with E-state index in [0.29, 0.717) is 24.6 Å². The molecule has 5 nitrogen and oxygen atoms in total. The lowest BCUT2D eigenvalue weighted by Crippen LogP contribution is -2.44. The van der Waals surface area contributed by atoms with Gasteiger partial charge in [-0.3, -0.25) is 4.79 Å². The third-order valence-electron chi connectivity index (χ3n) is 3.78. The zero-order valence-electron chi connectivity index (χ0n) is 12.0. The van der Waals surface area contributed by atoms with Gasteiger partial charge in [0.2, 0.25) is 5.91 Å². The molecule has 1 unspecified atom stereocenters. The quantitative estimate of drug-likeness (QED) is 0.942. The number of piperidine rings is 1. The highest BCUT2D eigenvalue weighted by molar-refractivity contribution is 5.79. The first-order valence-electron chi connectivity index (χ1n) is 7.30. The summed E-state index contributed by atoms with van der Waals surface area (Å²) in [6.45, 7) is 0.575. The Morgan fingerprint density at radius 1 is 1.45 bits per heavy atom. The predicted molar refractivity (Wildman–Crippen MR) is 78.0 cm³/mol. The van der Waals surface area contributed by atoms with Crippen molar-refractivity contribution in [3.05, 3.63) is 24.3 Å². The number of nitrogens with zero attached hydrogens (tertiary/aromatic N) is 2. The van der Waals surface area contributed by atoms with Crippen molar-refractivity contribution >= 4 is 23.0 Å². The lowest BCUT2D eigenvalue weighted by atomic mass is 9.97. The van der Waals surface area contributed by atoms with Crippen LogP contribution >= 0.6 is 0 Å². The van der Waals surface area contributed by atoms with E-state index in [-0.39, 0.29) is 11.8 Å². The molecule has 2 aromatic rings. The van der Waals surface area contributed by atoms with Crippen molar-refractivity contribution in [2.24, 2.45) is 5.92 Å². The molecule has 1 atom stereocenters. The molecule has 1 aliphatic heterocycles. The minimum atomic E-state index is -2.53. The molecular formula is C15H17F2N3O2. The molecule has 0 radical (unpaired) electrons. The normalized spacial score (nSPS) is 18.9. The third kappa shape index (κ3) is 3.18. The van der Waals surface area contributed by atoms with Crippen molar-refractivity contribution in [1.82, 2.24) is 10.3 Å². The number of oxazole rings is 1. The lowest BCUT2D eigenvalue weighted by Gasteiger charge is -2.30. The molecule has 22 heavy (non-hydrogen) atoms. The average Bonchev–Trinajstić information content (AvgIpc) is 2.96. The number of hydrogen-bond donors (Lipinski definition) is 1. The van der Waals surface area contributed by atoms with Gasteiger partial charge in [0, 0.05) is 13.1 Å². The van der Waals surface area contributed by atoms with Crippen molar-refractivity contribution in [2.75, 3.05) is 24.5 Å². The van der Waals surface area contributed by atoms with Crippen LogP contribution in [0, 0.1) is 5.92 Å². The summed E-state index contributed by atoms with van der Waals surface area (Å²) in [4.78, 5) is 18.2. The molecule has 118 valence electrons. The van der Waals surface area contributed by atoms with Crippen LogP contribution in [-0.2, 0) is 4.79 Å². The van der Waals surface area contributed by atoms with Gasteiger partial charge < -0.3 is 14.6 Å². The first-order valence-corrected chi connectivity index (χ1v) is 7.30. The van der Waals surface area contributed by atoms with E-state index in [2.05, 4.69) is 10.3 Å². The number of alkyl halides is 2. The van der Waals surface area contributed by atoms with Crippen LogP contribution in [0.3, 0.4) is 0 Å². The number of fused-ring (bicyclic) bond motifs is 1. The van der Waals surface area contributed by atoms with E-state index < -0.39 is 13.0 Å². The summed E-state index contributed by atoms with van der Waals surface area (Å²) in [6.07, 6.45) is -1.04. The maximum atomic E-state index is 12.2. The molecule has 3 rings (SSSR count). The van der Waals surface area contributed by atoms with Gasteiger partial charge in [0.15, 0.2) is 5.58 Å². The number of carbonyl (C=O) groups excluding carboxylic acids is 1. The smallest absolute Gasteiger partial charge is 0.298 e.